The van der Waals surface area contributed by atoms with Crippen molar-refractivity contribution in [1.82, 2.24) is 0 Å². The van der Waals surface area contributed by atoms with Crippen molar-refractivity contribution in [1.29, 1.82) is 0 Å². The topological polar surface area (TPSA) is 9.23 Å². The minimum atomic E-state index is 0.495. The molecule has 0 bridgehead atoms. The molecule has 0 N–H and O–H groups in total. The smallest absolute Gasteiger partial charge is 0.0490 e. The molecule has 0 saturated heterocycles. The fraction of sp³-hybridized carbons (Fsp3) is 0.875. The molecule has 0 aromatic heterocycles. The molecule has 1 heteroatoms. The van der Waals surface area contributed by atoms with Crippen molar-refractivity contribution in [3.63, 3.8) is 0 Å². The van der Waals surface area contributed by atoms with Crippen molar-refractivity contribution in [3.05, 3.63) is 6.92 Å². The van der Waals surface area contributed by atoms with E-state index in [2.05, 4.69) is 13.8 Å². The van der Waals surface area contributed by atoms with Crippen LogP contribution in [0.5, 0.6) is 0 Å². The summed E-state index contributed by atoms with van der Waals surface area (Å²) in [7, 11) is 1.73. The van der Waals surface area contributed by atoms with E-state index >= 15 is 0 Å². The van der Waals surface area contributed by atoms with Crippen LogP contribution in [0.1, 0.15) is 26.2 Å². The highest BCUT2D eigenvalue weighted by Crippen LogP contribution is 2.06. The SMILES string of the molecule is [CH2]C(CCCC)COC. The van der Waals surface area contributed by atoms with Crippen LogP contribution in [0.2, 0.25) is 0 Å². The van der Waals surface area contributed by atoms with E-state index in [0.29, 0.717) is 5.92 Å². The van der Waals surface area contributed by atoms with Crippen LogP contribution in [0, 0.1) is 12.8 Å². The summed E-state index contributed by atoms with van der Waals surface area (Å²) in [4.78, 5) is 0. The Balaban J connectivity index is 2.95. The Kier molecular flexibility index (Phi) is 6.06. The summed E-state index contributed by atoms with van der Waals surface area (Å²) in [6.45, 7) is 6.94. The first-order valence-corrected chi connectivity index (χ1v) is 3.63. The van der Waals surface area contributed by atoms with Crippen LogP contribution in [-0.2, 0) is 4.74 Å². The Morgan fingerprint density at radius 2 is 2.22 bits per heavy atom. The zero-order valence-corrected chi connectivity index (χ0v) is 6.52. The van der Waals surface area contributed by atoms with Gasteiger partial charge in [-0.05, 0) is 19.3 Å². The third-order valence-electron chi connectivity index (χ3n) is 1.37. The van der Waals surface area contributed by atoms with Crippen molar-refractivity contribution >= 4 is 0 Å². The molecule has 0 aromatic rings. The Morgan fingerprint density at radius 3 is 2.67 bits per heavy atom. The highest BCUT2D eigenvalue weighted by molar-refractivity contribution is 4.58. The number of methoxy groups -OCH3 is 1. The molecule has 1 radical (unpaired) electrons. The van der Waals surface area contributed by atoms with Gasteiger partial charge < -0.3 is 4.74 Å². The predicted octanol–water partition coefficient (Wildman–Crippen LogP) is 2.27. The second-order valence-electron chi connectivity index (χ2n) is 2.46. The second kappa shape index (κ2) is 6.09. The number of ether oxygens (including phenoxy) is 1. The molecule has 55 valence electrons. The zero-order chi connectivity index (χ0) is 7.11. The van der Waals surface area contributed by atoms with Gasteiger partial charge in [-0.15, -0.1) is 0 Å². The van der Waals surface area contributed by atoms with Crippen LogP contribution in [0.25, 0.3) is 0 Å². The predicted molar refractivity (Wildman–Crippen MR) is 40.2 cm³/mol. The molecule has 0 fully saturated rings. The van der Waals surface area contributed by atoms with Gasteiger partial charge in [-0.2, -0.15) is 0 Å². The number of rotatable bonds is 5. The average molecular weight is 129 g/mol. The third kappa shape index (κ3) is 5.84. The Bertz CT molecular complexity index is 52.5. The van der Waals surface area contributed by atoms with E-state index in [1.165, 1.54) is 19.3 Å². The molecule has 0 rings (SSSR count). The van der Waals surface area contributed by atoms with Crippen molar-refractivity contribution in [2.75, 3.05) is 13.7 Å². The minimum Gasteiger partial charge on any atom is -0.384 e. The van der Waals surface area contributed by atoms with Gasteiger partial charge in [0, 0.05) is 13.7 Å². The lowest BCUT2D eigenvalue weighted by molar-refractivity contribution is 0.164. The van der Waals surface area contributed by atoms with Crippen LogP contribution in [-0.4, -0.2) is 13.7 Å². The highest BCUT2D eigenvalue weighted by Gasteiger charge is 1.98. The molecule has 1 unspecified atom stereocenters. The van der Waals surface area contributed by atoms with Gasteiger partial charge in [0.1, 0.15) is 0 Å². The van der Waals surface area contributed by atoms with Crippen LogP contribution >= 0.6 is 0 Å². The minimum absolute atomic E-state index is 0.495. The quantitative estimate of drug-likeness (QED) is 0.553. The monoisotopic (exact) mass is 129 g/mol. The van der Waals surface area contributed by atoms with E-state index < -0.39 is 0 Å². The van der Waals surface area contributed by atoms with E-state index in [9.17, 15) is 0 Å². The average Bonchev–Trinajstić information content (AvgIpc) is 1.85. The molecular weight excluding hydrogens is 112 g/mol. The molecule has 1 nitrogen and oxygen atoms in total. The normalized spacial score (nSPS) is 13.7. The molecule has 9 heavy (non-hydrogen) atoms. The molecule has 0 aliphatic heterocycles. The summed E-state index contributed by atoms with van der Waals surface area (Å²) in [5, 5.41) is 0. The molecule has 0 aliphatic rings. The van der Waals surface area contributed by atoms with Crippen LogP contribution in [0.15, 0.2) is 0 Å². The van der Waals surface area contributed by atoms with Crippen molar-refractivity contribution in [2.24, 2.45) is 5.92 Å². The van der Waals surface area contributed by atoms with E-state index in [4.69, 9.17) is 4.74 Å². The highest BCUT2D eigenvalue weighted by atomic mass is 16.5. The van der Waals surface area contributed by atoms with Crippen LogP contribution < -0.4 is 0 Å². The van der Waals surface area contributed by atoms with Crippen molar-refractivity contribution in [3.8, 4) is 0 Å². The summed E-state index contributed by atoms with van der Waals surface area (Å²) in [5.41, 5.74) is 0. The zero-order valence-electron chi connectivity index (χ0n) is 6.52. The lowest BCUT2D eigenvalue weighted by atomic mass is 10.1. The molecule has 0 spiro atoms. The molecule has 0 aliphatic carbocycles. The van der Waals surface area contributed by atoms with Crippen molar-refractivity contribution in [2.45, 2.75) is 26.2 Å². The molecule has 0 aromatic carbocycles. The van der Waals surface area contributed by atoms with Gasteiger partial charge >= 0.3 is 0 Å². The van der Waals surface area contributed by atoms with Gasteiger partial charge in [0.15, 0.2) is 0 Å². The maximum atomic E-state index is 4.94. The maximum Gasteiger partial charge on any atom is 0.0490 e. The first kappa shape index (κ1) is 8.96. The molecule has 1 atom stereocenters. The van der Waals surface area contributed by atoms with Gasteiger partial charge in [0.05, 0.1) is 0 Å². The van der Waals surface area contributed by atoms with E-state index in [0.717, 1.165) is 6.61 Å². The molecule has 0 amide bonds. The lowest BCUT2D eigenvalue weighted by Gasteiger charge is -2.07. The molecule has 0 heterocycles. The van der Waals surface area contributed by atoms with Crippen LogP contribution in [0.4, 0.5) is 0 Å². The van der Waals surface area contributed by atoms with Gasteiger partial charge in [-0.3, -0.25) is 0 Å². The van der Waals surface area contributed by atoms with Crippen molar-refractivity contribution < 1.29 is 4.74 Å². The van der Waals surface area contributed by atoms with Gasteiger partial charge in [0.2, 0.25) is 0 Å². The molecule has 0 saturated carbocycles. The van der Waals surface area contributed by atoms with Gasteiger partial charge in [-0.25, -0.2) is 0 Å². The standard InChI is InChI=1S/C8H17O/c1-4-5-6-8(2)7-9-3/h8H,2,4-7H2,1,3H3. The Hall–Kier alpha value is -0.0400. The number of hydrogen-bond donors (Lipinski definition) is 0. The van der Waals surface area contributed by atoms with Gasteiger partial charge in [0.25, 0.3) is 0 Å². The third-order valence-corrected chi connectivity index (χ3v) is 1.37. The Labute approximate surface area is 58.4 Å². The number of unbranched alkanes of at least 4 members (excludes halogenated alkanes) is 1. The first-order chi connectivity index (χ1) is 4.31. The van der Waals surface area contributed by atoms with E-state index in [-0.39, 0.29) is 0 Å². The molecular formula is C8H17O. The second-order valence-corrected chi connectivity index (χ2v) is 2.46. The summed E-state index contributed by atoms with van der Waals surface area (Å²) < 4.78 is 4.94. The van der Waals surface area contributed by atoms with E-state index in [1.54, 1.807) is 7.11 Å². The fourth-order valence-corrected chi connectivity index (χ4v) is 0.812. The summed E-state index contributed by atoms with van der Waals surface area (Å²) in [6.07, 6.45) is 3.73. The summed E-state index contributed by atoms with van der Waals surface area (Å²) in [5.74, 6) is 0.495. The lowest BCUT2D eigenvalue weighted by Crippen LogP contribution is -2.02. The fourth-order valence-electron chi connectivity index (χ4n) is 0.812. The number of hydrogen-bond acceptors (Lipinski definition) is 1. The Morgan fingerprint density at radius 1 is 1.56 bits per heavy atom. The van der Waals surface area contributed by atoms with Gasteiger partial charge in [-0.1, -0.05) is 19.8 Å². The first-order valence-electron chi connectivity index (χ1n) is 3.63. The summed E-state index contributed by atoms with van der Waals surface area (Å²) in [6, 6.07) is 0. The summed E-state index contributed by atoms with van der Waals surface area (Å²) >= 11 is 0. The van der Waals surface area contributed by atoms with Crippen LogP contribution in [0.3, 0.4) is 0 Å². The van der Waals surface area contributed by atoms with E-state index in [1.807, 2.05) is 0 Å². The largest absolute Gasteiger partial charge is 0.384 e. The maximum absolute atomic E-state index is 4.94.